The van der Waals surface area contributed by atoms with E-state index in [-0.39, 0.29) is 16.9 Å². The van der Waals surface area contributed by atoms with Gasteiger partial charge in [-0.05, 0) is 43.5 Å². The molecule has 1 aromatic carbocycles. The van der Waals surface area contributed by atoms with Gasteiger partial charge in [0, 0.05) is 39.6 Å². The third kappa shape index (κ3) is 5.71. The number of carbonyl (C=O) groups excluding carboxylic acids is 1. The molecule has 0 saturated carbocycles. The summed E-state index contributed by atoms with van der Waals surface area (Å²) in [5.41, 5.74) is 0.370. The van der Waals surface area contributed by atoms with Crippen LogP contribution in [0.3, 0.4) is 0 Å². The van der Waals surface area contributed by atoms with Crippen LogP contribution in [-0.4, -0.2) is 70.0 Å². The molecule has 0 unspecified atom stereocenters. The van der Waals surface area contributed by atoms with E-state index in [9.17, 15) is 13.2 Å². The minimum atomic E-state index is -3.46. The molecule has 10 heteroatoms. The quantitative estimate of drug-likeness (QED) is 0.650. The van der Waals surface area contributed by atoms with E-state index in [1.54, 1.807) is 29.2 Å². The maximum absolute atomic E-state index is 13.0. The van der Waals surface area contributed by atoms with Gasteiger partial charge in [-0.15, -0.1) is 0 Å². The summed E-state index contributed by atoms with van der Waals surface area (Å²) in [6, 6.07) is 6.44. The lowest BCUT2D eigenvalue weighted by molar-refractivity contribution is 0.0132. The smallest absolute Gasteiger partial charge is 0.254 e. The van der Waals surface area contributed by atoms with Gasteiger partial charge in [0.05, 0.1) is 28.9 Å². The number of methoxy groups -OCH3 is 1. The molecule has 2 atom stereocenters. The second kappa shape index (κ2) is 10.1. The maximum Gasteiger partial charge on any atom is 0.254 e. The maximum atomic E-state index is 13.0. The van der Waals surface area contributed by atoms with E-state index >= 15 is 0 Å². The molecular formula is C21H28N4O5S. The fourth-order valence-electron chi connectivity index (χ4n) is 3.40. The van der Waals surface area contributed by atoms with Gasteiger partial charge in [0.25, 0.3) is 5.91 Å². The van der Waals surface area contributed by atoms with E-state index in [1.165, 1.54) is 19.5 Å². The summed E-state index contributed by atoms with van der Waals surface area (Å²) in [5, 5.41) is 2.31. The lowest BCUT2D eigenvalue weighted by Crippen LogP contribution is -2.37. The average molecular weight is 449 g/mol. The van der Waals surface area contributed by atoms with E-state index in [0.717, 1.165) is 0 Å². The first-order valence-electron chi connectivity index (χ1n) is 10.1. The highest BCUT2D eigenvalue weighted by Gasteiger charge is 2.33. The SMILES string of the molecule is COc1ccc(S(=O)(=O)[C@H]2CCO[C@H](CCNC(=O)c3cnc(N(C)C)nc3)C2)cc1. The van der Waals surface area contributed by atoms with Crippen LogP contribution in [0.2, 0.25) is 0 Å². The van der Waals surface area contributed by atoms with E-state index in [2.05, 4.69) is 15.3 Å². The van der Waals surface area contributed by atoms with Crippen LogP contribution in [0, 0.1) is 0 Å². The summed E-state index contributed by atoms with van der Waals surface area (Å²) in [7, 11) is 1.72. The van der Waals surface area contributed by atoms with E-state index in [0.29, 0.717) is 49.7 Å². The molecule has 0 aliphatic carbocycles. The number of nitrogens with zero attached hydrogens (tertiary/aromatic N) is 3. The first kappa shape index (κ1) is 23.0. The fraction of sp³-hybridized carbons (Fsp3) is 0.476. The number of aromatic nitrogens is 2. The molecule has 2 heterocycles. The second-order valence-corrected chi connectivity index (χ2v) is 9.80. The lowest BCUT2D eigenvalue weighted by Gasteiger charge is -2.29. The van der Waals surface area contributed by atoms with Crippen LogP contribution in [0.1, 0.15) is 29.6 Å². The number of sulfone groups is 1. The Labute approximate surface area is 182 Å². The number of hydrogen-bond acceptors (Lipinski definition) is 8. The van der Waals surface area contributed by atoms with Gasteiger partial charge in [0.15, 0.2) is 9.84 Å². The number of amides is 1. The summed E-state index contributed by atoms with van der Waals surface area (Å²) >= 11 is 0. The van der Waals surface area contributed by atoms with Gasteiger partial charge in [0.1, 0.15) is 5.75 Å². The molecular weight excluding hydrogens is 420 g/mol. The van der Waals surface area contributed by atoms with Crippen LogP contribution >= 0.6 is 0 Å². The molecule has 3 rings (SSSR count). The standard InChI is InChI=1S/C21H28N4O5S/c1-25(2)21-23-13-15(14-24-21)20(26)22-10-8-17-12-19(9-11-30-17)31(27,28)18-6-4-16(29-3)5-7-18/h4-7,13-14,17,19H,8-12H2,1-3H3,(H,22,26)/t17-,19+/m1/s1. The zero-order valence-corrected chi connectivity index (χ0v) is 18.8. The normalized spacial score (nSPS) is 18.9. The highest BCUT2D eigenvalue weighted by molar-refractivity contribution is 7.92. The molecule has 1 aliphatic rings. The van der Waals surface area contributed by atoms with Crippen LogP contribution in [0.4, 0.5) is 5.95 Å². The largest absolute Gasteiger partial charge is 0.497 e. The Morgan fingerprint density at radius 3 is 2.52 bits per heavy atom. The molecule has 2 aromatic rings. The number of nitrogens with one attached hydrogen (secondary N) is 1. The number of rotatable bonds is 8. The highest BCUT2D eigenvalue weighted by atomic mass is 32.2. The Bertz CT molecular complexity index is 978. The van der Waals surface area contributed by atoms with Gasteiger partial charge >= 0.3 is 0 Å². The number of benzene rings is 1. The average Bonchev–Trinajstić information content (AvgIpc) is 2.79. The second-order valence-electron chi connectivity index (χ2n) is 7.57. The summed E-state index contributed by atoms with van der Waals surface area (Å²) < 4.78 is 36.8. The minimum Gasteiger partial charge on any atom is -0.497 e. The Hall–Kier alpha value is -2.72. The van der Waals surface area contributed by atoms with Crippen molar-refractivity contribution in [2.24, 2.45) is 0 Å². The van der Waals surface area contributed by atoms with Crippen molar-refractivity contribution in [3.05, 3.63) is 42.2 Å². The molecule has 0 bridgehead atoms. The van der Waals surface area contributed by atoms with Crippen molar-refractivity contribution in [2.75, 3.05) is 39.3 Å². The summed E-state index contributed by atoms with van der Waals surface area (Å²) in [6.45, 7) is 0.743. The Morgan fingerprint density at radius 2 is 1.90 bits per heavy atom. The van der Waals surface area contributed by atoms with Gasteiger partial charge < -0.3 is 19.7 Å². The molecule has 1 aromatic heterocycles. The number of hydrogen-bond donors (Lipinski definition) is 1. The minimum absolute atomic E-state index is 0.237. The highest BCUT2D eigenvalue weighted by Crippen LogP contribution is 2.28. The molecule has 0 radical (unpaired) electrons. The molecule has 1 amide bonds. The Morgan fingerprint density at radius 1 is 1.23 bits per heavy atom. The summed E-state index contributed by atoms with van der Waals surface area (Å²) in [5.74, 6) is 0.862. The fourth-order valence-corrected chi connectivity index (χ4v) is 5.18. The lowest BCUT2D eigenvalue weighted by atomic mass is 10.1. The van der Waals surface area contributed by atoms with Crippen molar-refractivity contribution in [3.8, 4) is 5.75 Å². The zero-order chi connectivity index (χ0) is 22.4. The molecule has 9 nitrogen and oxygen atoms in total. The molecule has 1 fully saturated rings. The molecule has 1 N–H and O–H groups in total. The topological polar surface area (TPSA) is 111 Å². The Kier molecular flexibility index (Phi) is 7.45. The Balaban J connectivity index is 1.53. The predicted octanol–water partition coefficient (Wildman–Crippen LogP) is 1.69. The van der Waals surface area contributed by atoms with Crippen LogP contribution in [-0.2, 0) is 14.6 Å². The van der Waals surface area contributed by atoms with Gasteiger partial charge in [-0.25, -0.2) is 18.4 Å². The number of carbonyl (C=O) groups is 1. The van der Waals surface area contributed by atoms with Crippen LogP contribution in [0.15, 0.2) is 41.6 Å². The van der Waals surface area contributed by atoms with Gasteiger partial charge in [-0.3, -0.25) is 4.79 Å². The van der Waals surface area contributed by atoms with Crippen molar-refractivity contribution in [2.45, 2.75) is 35.5 Å². The van der Waals surface area contributed by atoms with Crippen molar-refractivity contribution >= 4 is 21.7 Å². The van der Waals surface area contributed by atoms with Crippen LogP contribution in [0.25, 0.3) is 0 Å². The molecule has 1 aliphatic heterocycles. The number of anilines is 1. The third-order valence-corrected chi connectivity index (χ3v) is 7.43. The molecule has 0 spiro atoms. The van der Waals surface area contributed by atoms with E-state index < -0.39 is 15.1 Å². The van der Waals surface area contributed by atoms with Crippen molar-refractivity contribution < 1.29 is 22.7 Å². The molecule has 1 saturated heterocycles. The first-order valence-corrected chi connectivity index (χ1v) is 11.6. The zero-order valence-electron chi connectivity index (χ0n) is 17.9. The van der Waals surface area contributed by atoms with Crippen LogP contribution in [0.5, 0.6) is 5.75 Å². The van der Waals surface area contributed by atoms with Crippen molar-refractivity contribution in [3.63, 3.8) is 0 Å². The van der Waals surface area contributed by atoms with E-state index in [1.807, 2.05) is 14.1 Å². The third-order valence-electron chi connectivity index (χ3n) is 5.20. The predicted molar refractivity (Wildman–Crippen MR) is 116 cm³/mol. The number of ether oxygens (including phenoxy) is 2. The summed E-state index contributed by atoms with van der Waals surface area (Å²) in [4.78, 5) is 22.6. The molecule has 31 heavy (non-hydrogen) atoms. The first-order chi connectivity index (χ1) is 14.8. The summed E-state index contributed by atoms with van der Waals surface area (Å²) in [6.07, 6.45) is 4.09. The monoisotopic (exact) mass is 448 g/mol. The molecule has 168 valence electrons. The van der Waals surface area contributed by atoms with Gasteiger partial charge in [-0.1, -0.05) is 0 Å². The van der Waals surface area contributed by atoms with Crippen molar-refractivity contribution in [1.29, 1.82) is 0 Å². The van der Waals surface area contributed by atoms with Crippen molar-refractivity contribution in [1.82, 2.24) is 15.3 Å². The van der Waals surface area contributed by atoms with E-state index in [4.69, 9.17) is 9.47 Å². The van der Waals surface area contributed by atoms with Crippen LogP contribution < -0.4 is 15.0 Å². The van der Waals surface area contributed by atoms with Gasteiger partial charge in [0.2, 0.25) is 5.95 Å². The van der Waals surface area contributed by atoms with Gasteiger partial charge in [-0.2, -0.15) is 0 Å².